The van der Waals surface area contributed by atoms with Gasteiger partial charge in [-0.25, -0.2) is 8.42 Å². The summed E-state index contributed by atoms with van der Waals surface area (Å²) in [4.78, 5) is 28.0. The van der Waals surface area contributed by atoms with Crippen LogP contribution in [0.5, 0.6) is 0 Å². The molecule has 2 aliphatic heterocycles. The number of fused-ring (bicyclic) bond motifs is 1. The Balaban J connectivity index is 1.78. The van der Waals surface area contributed by atoms with E-state index in [0.29, 0.717) is 29.5 Å². The molecule has 3 rings (SSSR count). The number of piperidine rings is 1. The van der Waals surface area contributed by atoms with Crippen molar-refractivity contribution in [2.75, 3.05) is 30.3 Å². The number of nitrogens with zero attached hydrogens (tertiary/aromatic N) is 2. The van der Waals surface area contributed by atoms with Crippen LogP contribution in [-0.2, 0) is 25.8 Å². The first-order valence-corrected chi connectivity index (χ1v) is 11.9. The Morgan fingerprint density at radius 3 is 2.44 bits per heavy atom. The van der Waals surface area contributed by atoms with E-state index in [0.717, 1.165) is 37.9 Å². The van der Waals surface area contributed by atoms with Gasteiger partial charge in [0.05, 0.1) is 10.6 Å². The van der Waals surface area contributed by atoms with Crippen LogP contribution >= 0.6 is 15.9 Å². The third-order valence-corrected chi connectivity index (χ3v) is 7.93. The van der Waals surface area contributed by atoms with E-state index >= 15 is 0 Å². The number of hydrogen-bond acceptors (Lipinski definition) is 4. The smallest absolute Gasteiger partial charge is 0.226 e. The number of carbonyl (C=O) groups is 2. The van der Waals surface area contributed by atoms with Gasteiger partial charge in [-0.1, -0.05) is 6.92 Å². The molecule has 0 aromatic heterocycles. The fourth-order valence-corrected chi connectivity index (χ4v) is 6.15. The molecule has 0 aliphatic carbocycles. The Kier molecular flexibility index (Phi) is 6.25. The molecule has 0 bridgehead atoms. The molecule has 148 valence electrons. The van der Waals surface area contributed by atoms with Crippen LogP contribution in [0.4, 0.5) is 5.69 Å². The van der Waals surface area contributed by atoms with Crippen LogP contribution in [0.3, 0.4) is 0 Å². The Morgan fingerprint density at radius 2 is 1.78 bits per heavy atom. The molecule has 27 heavy (non-hydrogen) atoms. The highest BCUT2D eigenvalue weighted by molar-refractivity contribution is 9.10. The molecule has 2 amide bonds. The highest BCUT2D eigenvalue weighted by Crippen LogP contribution is 2.36. The summed E-state index contributed by atoms with van der Waals surface area (Å²) in [7, 11) is -3.63. The molecular formula is C19H25BrN2O4S. The van der Waals surface area contributed by atoms with Crippen LogP contribution in [0.15, 0.2) is 21.5 Å². The topological polar surface area (TPSA) is 74.8 Å². The van der Waals surface area contributed by atoms with E-state index in [1.165, 1.54) is 0 Å². The number of benzene rings is 1. The number of anilines is 1. The minimum Gasteiger partial charge on any atom is -0.343 e. The number of amides is 2. The molecule has 2 heterocycles. The summed E-state index contributed by atoms with van der Waals surface area (Å²) in [6.45, 7) is 3.81. The molecule has 0 saturated carbocycles. The monoisotopic (exact) mass is 456 g/mol. The maximum Gasteiger partial charge on any atom is 0.226 e. The summed E-state index contributed by atoms with van der Waals surface area (Å²) >= 11 is 3.37. The molecule has 1 aromatic rings. The van der Waals surface area contributed by atoms with Gasteiger partial charge in [0.25, 0.3) is 0 Å². The average Bonchev–Trinajstić information content (AvgIpc) is 3.08. The number of carbonyl (C=O) groups excluding carboxylic acids is 2. The van der Waals surface area contributed by atoms with Crippen molar-refractivity contribution in [2.24, 2.45) is 0 Å². The largest absolute Gasteiger partial charge is 0.343 e. The van der Waals surface area contributed by atoms with Crippen molar-refractivity contribution in [1.29, 1.82) is 0 Å². The van der Waals surface area contributed by atoms with Crippen LogP contribution in [-0.4, -0.2) is 50.5 Å². The molecular weight excluding hydrogens is 432 g/mol. The SMILES string of the molecule is CCC(=O)N1CCc2cc(Br)c(S(=O)(=O)CCC(=O)N3CCCCC3)cc21. The molecule has 1 saturated heterocycles. The van der Waals surface area contributed by atoms with Gasteiger partial charge in [0.1, 0.15) is 0 Å². The molecule has 2 aliphatic rings. The van der Waals surface area contributed by atoms with Crippen LogP contribution in [0.25, 0.3) is 0 Å². The Labute approximate surface area is 168 Å². The van der Waals surface area contributed by atoms with Gasteiger partial charge in [-0.3, -0.25) is 9.59 Å². The molecule has 0 spiro atoms. The number of rotatable bonds is 5. The van der Waals surface area contributed by atoms with E-state index in [9.17, 15) is 18.0 Å². The van der Waals surface area contributed by atoms with Gasteiger partial charge in [-0.15, -0.1) is 0 Å². The van der Waals surface area contributed by atoms with Gasteiger partial charge in [0, 0.05) is 42.6 Å². The Bertz CT molecular complexity index is 848. The van der Waals surface area contributed by atoms with Crippen molar-refractivity contribution < 1.29 is 18.0 Å². The lowest BCUT2D eigenvalue weighted by Crippen LogP contribution is -2.36. The number of likely N-dealkylation sites (tertiary alicyclic amines) is 1. The lowest BCUT2D eigenvalue weighted by atomic mass is 10.1. The van der Waals surface area contributed by atoms with E-state index in [1.54, 1.807) is 28.9 Å². The van der Waals surface area contributed by atoms with Gasteiger partial charge < -0.3 is 9.80 Å². The minimum absolute atomic E-state index is 0.0105. The molecule has 1 aromatic carbocycles. The molecule has 6 nitrogen and oxygen atoms in total. The number of sulfone groups is 1. The predicted molar refractivity (Wildman–Crippen MR) is 108 cm³/mol. The average molecular weight is 457 g/mol. The first-order valence-electron chi connectivity index (χ1n) is 9.47. The summed E-state index contributed by atoms with van der Waals surface area (Å²) < 4.78 is 26.3. The second-order valence-electron chi connectivity index (χ2n) is 7.07. The summed E-state index contributed by atoms with van der Waals surface area (Å²) in [5, 5.41) is 0. The van der Waals surface area contributed by atoms with E-state index < -0.39 is 9.84 Å². The number of hydrogen-bond donors (Lipinski definition) is 0. The quantitative estimate of drug-likeness (QED) is 0.682. The zero-order chi connectivity index (χ0) is 19.6. The minimum atomic E-state index is -3.63. The normalized spacial score (nSPS) is 17.1. The highest BCUT2D eigenvalue weighted by atomic mass is 79.9. The van der Waals surface area contributed by atoms with Gasteiger partial charge >= 0.3 is 0 Å². The van der Waals surface area contributed by atoms with Gasteiger partial charge in [0.15, 0.2) is 9.84 Å². The van der Waals surface area contributed by atoms with Crippen LogP contribution < -0.4 is 4.90 Å². The molecule has 8 heteroatoms. The van der Waals surface area contributed by atoms with Crippen molar-refractivity contribution in [2.45, 2.75) is 50.3 Å². The van der Waals surface area contributed by atoms with Gasteiger partial charge in [-0.05, 0) is 59.3 Å². The first-order chi connectivity index (χ1) is 12.8. The fourth-order valence-electron chi connectivity index (χ4n) is 3.71. The Hall–Kier alpha value is -1.41. The molecule has 0 atom stereocenters. The van der Waals surface area contributed by atoms with Crippen molar-refractivity contribution in [3.8, 4) is 0 Å². The standard InChI is InChI=1S/C19H25BrN2O4S/c1-2-18(23)22-10-6-14-12-15(20)17(13-16(14)22)27(25,26)11-7-19(24)21-8-4-3-5-9-21/h12-13H,2-11H2,1H3. The zero-order valence-electron chi connectivity index (χ0n) is 15.5. The third kappa shape index (κ3) is 4.37. The second kappa shape index (κ2) is 8.31. The van der Waals surface area contributed by atoms with Gasteiger partial charge in [-0.2, -0.15) is 0 Å². The van der Waals surface area contributed by atoms with E-state index in [-0.39, 0.29) is 28.9 Å². The lowest BCUT2D eigenvalue weighted by Gasteiger charge is -2.26. The van der Waals surface area contributed by atoms with Gasteiger partial charge in [0.2, 0.25) is 11.8 Å². The molecule has 1 fully saturated rings. The summed E-state index contributed by atoms with van der Waals surface area (Å²) in [5.74, 6) is -0.334. The molecule has 0 N–H and O–H groups in total. The Morgan fingerprint density at radius 1 is 1.07 bits per heavy atom. The van der Waals surface area contributed by atoms with Crippen LogP contribution in [0.1, 0.15) is 44.6 Å². The van der Waals surface area contributed by atoms with Crippen LogP contribution in [0.2, 0.25) is 0 Å². The summed E-state index contributed by atoms with van der Waals surface area (Å²) in [5.41, 5.74) is 1.64. The van der Waals surface area contributed by atoms with Crippen molar-refractivity contribution in [3.05, 3.63) is 22.2 Å². The third-order valence-electron chi connectivity index (χ3n) is 5.26. The highest BCUT2D eigenvalue weighted by Gasteiger charge is 2.29. The molecule has 0 unspecified atom stereocenters. The predicted octanol–water partition coefficient (Wildman–Crippen LogP) is 2.92. The zero-order valence-corrected chi connectivity index (χ0v) is 17.9. The van der Waals surface area contributed by atoms with E-state index in [1.807, 2.05) is 0 Å². The van der Waals surface area contributed by atoms with E-state index in [4.69, 9.17) is 0 Å². The number of halogens is 1. The first kappa shape index (κ1) is 20.3. The lowest BCUT2D eigenvalue weighted by molar-refractivity contribution is -0.131. The fraction of sp³-hybridized carbons (Fsp3) is 0.579. The maximum absolute atomic E-state index is 12.9. The van der Waals surface area contributed by atoms with Crippen molar-refractivity contribution >= 4 is 43.3 Å². The summed E-state index contributed by atoms with van der Waals surface area (Å²) in [6, 6.07) is 3.37. The van der Waals surface area contributed by atoms with Crippen LogP contribution in [0, 0.1) is 0 Å². The van der Waals surface area contributed by atoms with Crippen molar-refractivity contribution in [3.63, 3.8) is 0 Å². The van der Waals surface area contributed by atoms with E-state index in [2.05, 4.69) is 15.9 Å². The van der Waals surface area contributed by atoms with Crippen molar-refractivity contribution in [1.82, 2.24) is 4.90 Å². The second-order valence-corrected chi connectivity index (χ2v) is 10.0. The maximum atomic E-state index is 12.9. The molecule has 0 radical (unpaired) electrons. The summed E-state index contributed by atoms with van der Waals surface area (Å²) in [6.07, 6.45) is 4.17.